The van der Waals surface area contributed by atoms with Gasteiger partial charge in [-0.1, -0.05) is 6.92 Å². The summed E-state index contributed by atoms with van der Waals surface area (Å²) < 4.78 is 5.93. The monoisotopic (exact) mass is 253 g/mol. The third kappa shape index (κ3) is 2.27. The predicted molar refractivity (Wildman–Crippen MR) is 68.1 cm³/mol. The Morgan fingerprint density at radius 2 is 2.39 bits per heavy atom. The minimum absolute atomic E-state index is 0.192. The molecule has 3 saturated heterocycles. The second-order valence-corrected chi connectivity index (χ2v) is 5.60. The molecule has 18 heavy (non-hydrogen) atoms. The van der Waals surface area contributed by atoms with Crippen LogP contribution in [0.5, 0.6) is 0 Å². The lowest BCUT2D eigenvalue weighted by Gasteiger charge is -2.37. The highest BCUT2D eigenvalue weighted by molar-refractivity contribution is 5.80. The van der Waals surface area contributed by atoms with Crippen LogP contribution in [0.15, 0.2) is 0 Å². The molecule has 3 aliphatic rings. The van der Waals surface area contributed by atoms with E-state index in [2.05, 4.69) is 17.1 Å². The third-order valence-electron chi connectivity index (χ3n) is 4.43. The smallest absolute Gasteiger partial charge is 0.237 e. The summed E-state index contributed by atoms with van der Waals surface area (Å²) in [6.45, 7) is 6.38. The van der Waals surface area contributed by atoms with Crippen molar-refractivity contribution < 1.29 is 9.53 Å². The first kappa shape index (κ1) is 12.4. The van der Waals surface area contributed by atoms with Crippen LogP contribution < -0.4 is 5.32 Å². The van der Waals surface area contributed by atoms with Crippen LogP contribution in [0.4, 0.5) is 0 Å². The van der Waals surface area contributed by atoms with Crippen molar-refractivity contribution in [1.82, 2.24) is 15.1 Å². The van der Waals surface area contributed by atoms with Crippen LogP contribution in [0.2, 0.25) is 0 Å². The van der Waals surface area contributed by atoms with Crippen LogP contribution in [0.3, 0.4) is 0 Å². The maximum atomic E-state index is 11.8. The van der Waals surface area contributed by atoms with Gasteiger partial charge in [0.1, 0.15) is 0 Å². The highest BCUT2D eigenvalue weighted by atomic mass is 16.5. The van der Waals surface area contributed by atoms with Crippen molar-refractivity contribution in [2.45, 2.75) is 44.5 Å². The van der Waals surface area contributed by atoms with Crippen molar-refractivity contribution in [1.29, 1.82) is 0 Å². The van der Waals surface area contributed by atoms with Gasteiger partial charge in [-0.25, -0.2) is 0 Å². The maximum absolute atomic E-state index is 11.8. The lowest BCUT2D eigenvalue weighted by atomic mass is 10.1. The first-order chi connectivity index (χ1) is 8.78. The Kier molecular flexibility index (Phi) is 3.54. The van der Waals surface area contributed by atoms with Crippen molar-refractivity contribution >= 4 is 5.91 Å². The van der Waals surface area contributed by atoms with Crippen molar-refractivity contribution in [3.63, 3.8) is 0 Å². The Morgan fingerprint density at radius 3 is 3.22 bits per heavy atom. The number of rotatable bonds is 3. The van der Waals surface area contributed by atoms with Gasteiger partial charge in [0.2, 0.25) is 5.91 Å². The van der Waals surface area contributed by atoms with E-state index in [1.54, 1.807) is 0 Å². The molecule has 1 amide bonds. The molecule has 1 N–H and O–H groups in total. The molecule has 0 aliphatic carbocycles. The van der Waals surface area contributed by atoms with Crippen molar-refractivity contribution in [2.75, 3.05) is 32.8 Å². The van der Waals surface area contributed by atoms with Gasteiger partial charge in [-0.15, -0.1) is 0 Å². The highest BCUT2D eigenvalue weighted by Gasteiger charge is 2.36. The fourth-order valence-corrected chi connectivity index (χ4v) is 3.40. The molecule has 0 aromatic rings. The van der Waals surface area contributed by atoms with E-state index in [0.717, 1.165) is 26.1 Å². The molecule has 5 heteroatoms. The number of nitrogens with one attached hydrogen (secondary N) is 1. The van der Waals surface area contributed by atoms with Gasteiger partial charge in [-0.05, 0) is 25.8 Å². The summed E-state index contributed by atoms with van der Waals surface area (Å²) >= 11 is 0. The van der Waals surface area contributed by atoms with E-state index >= 15 is 0 Å². The summed E-state index contributed by atoms with van der Waals surface area (Å²) in [6, 6.07) is 0.635. The summed E-state index contributed by atoms with van der Waals surface area (Å²) in [7, 11) is 0. The Morgan fingerprint density at radius 1 is 1.50 bits per heavy atom. The third-order valence-corrected chi connectivity index (χ3v) is 4.43. The summed E-state index contributed by atoms with van der Waals surface area (Å²) in [5.74, 6) is 0.217. The number of nitrogens with zero attached hydrogens (tertiary/aromatic N) is 2. The number of carbonyl (C=O) groups is 1. The van der Waals surface area contributed by atoms with Crippen LogP contribution in [-0.4, -0.2) is 66.8 Å². The van der Waals surface area contributed by atoms with Crippen molar-refractivity contribution in [2.24, 2.45) is 0 Å². The number of ether oxygens (including phenoxy) is 1. The van der Waals surface area contributed by atoms with E-state index in [-0.39, 0.29) is 18.2 Å². The first-order valence-electron chi connectivity index (χ1n) is 7.16. The average Bonchev–Trinajstić information content (AvgIpc) is 2.97. The number of carbonyl (C=O) groups excluding carboxylic acids is 1. The van der Waals surface area contributed by atoms with Crippen molar-refractivity contribution in [3.8, 4) is 0 Å². The van der Waals surface area contributed by atoms with E-state index in [1.165, 1.54) is 19.4 Å². The molecular formula is C13H23N3O2. The summed E-state index contributed by atoms with van der Waals surface area (Å²) in [5.41, 5.74) is 0. The van der Waals surface area contributed by atoms with Crippen LogP contribution in [0.25, 0.3) is 0 Å². The molecule has 3 rings (SSSR count). The molecular weight excluding hydrogens is 230 g/mol. The zero-order valence-corrected chi connectivity index (χ0v) is 11.1. The standard InChI is InChI=1S/C13H23N3O2/c1-2-12-14-6-13(17)16(12)8-11-7-15-5-3-4-10(15)9-18-11/h10-12,14H,2-9H2,1H3. The van der Waals surface area contributed by atoms with Gasteiger partial charge in [0.25, 0.3) is 0 Å². The van der Waals surface area contributed by atoms with Gasteiger partial charge < -0.3 is 9.64 Å². The molecule has 3 unspecified atom stereocenters. The van der Waals surface area contributed by atoms with Crippen LogP contribution in [0.1, 0.15) is 26.2 Å². The molecule has 3 heterocycles. The highest BCUT2D eigenvalue weighted by Crippen LogP contribution is 2.23. The Hall–Kier alpha value is -0.650. The molecule has 0 bridgehead atoms. The summed E-state index contributed by atoms with van der Waals surface area (Å²) in [6.07, 6.45) is 3.93. The number of morpholine rings is 1. The number of fused-ring (bicyclic) bond motifs is 1. The molecule has 102 valence electrons. The van der Waals surface area contributed by atoms with Gasteiger partial charge in [0, 0.05) is 19.1 Å². The van der Waals surface area contributed by atoms with Crippen LogP contribution in [-0.2, 0) is 9.53 Å². The quantitative estimate of drug-likeness (QED) is 0.770. The molecule has 3 aliphatic heterocycles. The predicted octanol–water partition coefficient (Wildman–Crippen LogP) is 0.0175. The normalized spacial score (nSPS) is 37.3. The SMILES string of the molecule is CCC1NCC(=O)N1CC1CN2CCCC2CO1. The second kappa shape index (κ2) is 5.15. The van der Waals surface area contributed by atoms with Crippen LogP contribution >= 0.6 is 0 Å². The molecule has 3 fully saturated rings. The lowest BCUT2D eigenvalue weighted by molar-refractivity contribution is -0.132. The van der Waals surface area contributed by atoms with Crippen LogP contribution in [0, 0.1) is 0 Å². The number of hydrogen-bond donors (Lipinski definition) is 1. The first-order valence-corrected chi connectivity index (χ1v) is 7.16. The molecule has 3 atom stereocenters. The number of amides is 1. The Labute approximate surface area is 108 Å². The van der Waals surface area contributed by atoms with Gasteiger partial charge >= 0.3 is 0 Å². The molecule has 0 aromatic heterocycles. The summed E-state index contributed by atoms with van der Waals surface area (Å²) in [5, 5.41) is 3.25. The topological polar surface area (TPSA) is 44.8 Å². The maximum Gasteiger partial charge on any atom is 0.237 e. The fraction of sp³-hybridized carbons (Fsp3) is 0.923. The lowest BCUT2D eigenvalue weighted by Crippen LogP contribution is -2.52. The Bertz CT molecular complexity index is 323. The van der Waals surface area contributed by atoms with E-state index in [4.69, 9.17) is 4.74 Å². The second-order valence-electron chi connectivity index (χ2n) is 5.60. The van der Waals surface area contributed by atoms with Crippen molar-refractivity contribution in [3.05, 3.63) is 0 Å². The van der Waals surface area contributed by atoms with E-state index < -0.39 is 0 Å². The zero-order chi connectivity index (χ0) is 12.5. The zero-order valence-electron chi connectivity index (χ0n) is 11.1. The fourth-order valence-electron chi connectivity index (χ4n) is 3.40. The molecule has 0 radical (unpaired) electrons. The molecule has 0 aromatic carbocycles. The van der Waals surface area contributed by atoms with Gasteiger partial charge in [0.05, 0.1) is 25.4 Å². The van der Waals surface area contributed by atoms with Gasteiger partial charge in [-0.3, -0.25) is 15.0 Å². The van der Waals surface area contributed by atoms with E-state index in [9.17, 15) is 4.79 Å². The van der Waals surface area contributed by atoms with Gasteiger partial charge in [-0.2, -0.15) is 0 Å². The molecule has 0 spiro atoms. The van der Waals surface area contributed by atoms with E-state index in [0.29, 0.717) is 12.6 Å². The minimum Gasteiger partial charge on any atom is -0.373 e. The van der Waals surface area contributed by atoms with Gasteiger partial charge in [0.15, 0.2) is 0 Å². The largest absolute Gasteiger partial charge is 0.373 e. The number of hydrogen-bond acceptors (Lipinski definition) is 4. The minimum atomic E-state index is 0.192. The van der Waals surface area contributed by atoms with E-state index in [1.807, 2.05) is 4.90 Å². The average molecular weight is 253 g/mol. The molecule has 0 saturated carbocycles. The summed E-state index contributed by atoms with van der Waals surface area (Å²) in [4.78, 5) is 16.3. The Balaban J connectivity index is 1.57. The molecule has 5 nitrogen and oxygen atoms in total.